The van der Waals surface area contributed by atoms with Crippen LogP contribution in [-0.2, 0) is 23.1 Å². The molecule has 0 aromatic rings. The Hall–Kier alpha value is 0.0300. The van der Waals surface area contributed by atoms with E-state index < -0.39 is 58.3 Å². The molecule has 0 fully saturated rings. The van der Waals surface area contributed by atoms with Crippen LogP contribution in [0.3, 0.4) is 0 Å². The first-order valence-electron chi connectivity index (χ1n) is 5.43. The molecule has 0 bridgehead atoms. The molecule has 19 heteroatoms. The van der Waals surface area contributed by atoms with Gasteiger partial charge in [0.2, 0.25) is 11.0 Å². The summed E-state index contributed by atoms with van der Waals surface area (Å²) < 4.78 is 45.5. The normalized spacial score (nSPS) is 16.0. The molecule has 0 rings (SSSR count). The van der Waals surface area contributed by atoms with Gasteiger partial charge in [-0.05, 0) is 6.92 Å². The molecule has 1 atom stereocenters. The van der Waals surface area contributed by atoms with Gasteiger partial charge < -0.3 is 44.3 Å². The number of carboxylic acids is 1. The van der Waals surface area contributed by atoms with E-state index in [1.54, 1.807) is 0 Å². The van der Waals surface area contributed by atoms with Gasteiger partial charge in [-0.1, -0.05) is 0 Å². The van der Waals surface area contributed by atoms with Crippen LogP contribution in [0.25, 0.3) is 0 Å². The second-order valence-corrected chi connectivity index (χ2v) is 12.0. The Kier molecular flexibility index (Phi) is 7.35. The maximum absolute atomic E-state index is 11.4. The minimum absolute atomic E-state index is 0.471. The topological polar surface area (TPSA) is 271 Å². The zero-order valence-corrected chi connectivity index (χ0v) is 15.1. The van der Waals surface area contributed by atoms with E-state index in [0.29, 0.717) is 6.92 Å². The number of rotatable bonds is 8. The molecule has 0 aromatic heterocycles. The van der Waals surface area contributed by atoms with Gasteiger partial charge in [0.05, 0.1) is 0 Å². The second kappa shape index (κ2) is 7.34. The molecule has 15 nitrogen and oxygen atoms in total. The summed E-state index contributed by atoms with van der Waals surface area (Å²) in [6.45, 7) is 0.471. The van der Waals surface area contributed by atoms with E-state index in [9.17, 15) is 23.1 Å². The van der Waals surface area contributed by atoms with E-state index >= 15 is 0 Å². The first kappa shape index (κ1) is 24.0. The van der Waals surface area contributed by atoms with Gasteiger partial charge in [-0.3, -0.25) is 23.1 Å². The van der Waals surface area contributed by atoms with E-state index in [2.05, 4.69) is 0 Å². The van der Waals surface area contributed by atoms with Gasteiger partial charge in [0, 0.05) is 0 Å². The van der Waals surface area contributed by atoms with Crippen molar-refractivity contribution in [1.82, 2.24) is 4.90 Å². The van der Waals surface area contributed by atoms with Gasteiger partial charge >= 0.3 is 36.4 Å². The zero-order chi connectivity index (χ0) is 19.9. The van der Waals surface area contributed by atoms with Gasteiger partial charge in [0.1, 0.15) is 6.04 Å². The van der Waals surface area contributed by atoms with Crippen molar-refractivity contribution in [2.75, 3.05) is 0 Å². The van der Waals surface area contributed by atoms with Crippen molar-refractivity contribution < 1.29 is 67.3 Å². The van der Waals surface area contributed by atoms with Crippen molar-refractivity contribution in [2.24, 2.45) is 0 Å². The molecule has 9 N–H and O–H groups in total. The van der Waals surface area contributed by atoms with Crippen LogP contribution >= 0.6 is 30.4 Å². The van der Waals surface area contributed by atoms with Crippen molar-refractivity contribution in [3.8, 4) is 0 Å². The van der Waals surface area contributed by atoms with Gasteiger partial charge in [0.15, 0.2) is 0 Å². The van der Waals surface area contributed by atoms with E-state index in [1.165, 1.54) is 0 Å². The van der Waals surface area contributed by atoms with Crippen molar-refractivity contribution in [3.05, 3.63) is 0 Å². The van der Waals surface area contributed by atoms with E-state index in [0.717, 1.165) is 0 Å². The molecule has 144 valence electrons. The predicted octanol–water partition coefficient (Wildman–Crippen LogP) is -1.96. The van der Waals surface area contributed by atoms with E-state index in [1.807, 2.05) is 0 Å². The first-order valence-corrected chi connectivity index (χ1v) is 12.2. The van der Waals surface area contributed by atoms with Crippen molar-refractivity contribution in [1.29, 1.82) is 0 Å². The van der Waals surface area contributed by atoms with Crippen LogP contribution in [0.1, 0.15) is 6.92 Å². The van der Waals surface area contributed by atoms with Crippen molar-refractivity contribution in [3.63, 3.8) is 0 Å². The molecule has 0 amide bonds. The minimum atomic E-state index is -6.03. The standard InChI is InChI=1S/C5H15NO14P4/c1-2(3(7)8)6(4(21(9,10)11)22(12,13)14)5(23(15,16)17)24(18,19)20/h2,4-5H,1H3,(H,7,8)(H2,9,10,11)(H2,12,13,14)(H2,15,16,17)(H2,18,19,20)/t2-/m0/s1. The predicted molar refractivity (Wildman–Crippen MR) is 74.7 cm³/mol. The number of hydrogen-bond donors (Lipinski definition) is 9. The molecule has 0 aromatic carbocycles. The summed E-state index contributed by atoms with van der Waals surface area (Å²) in [5, 5.41) is 8.86. The molecule has 0 unspecified atom stereocenters. The quantitative estimate of drug-likeness (QED) is 0.186. The Bertz CT molecular complexity index is 573. The summed E-state index contributed by atoms with van der Waals surface area (Å²) in [5.41, 5.74) is -7.03. The Morgan fingerprint density at radius 2 is 0.917 bits per heavy atom. The van der Waals surface area contributed by atoms with Crippen LogP contribution < -0.4 is 0 Å². The fourth-order valence-corrected chi connectivity index (χ4v) is 8.01. The summed E-state index contributed by atoms with van der Waals surface area (Å²) >= 11 is 0. The third kappa shape index (κ3) is 6.08. The number of aliphatic carboxylic acids is 1. The molecule has 0 aliphatic heterocycles. The van der Waals surface area contributed by atoms with E-state index in [-0.39, 0.29) is 0 Å². The molecule has 0 heterocycles. The lowest BCUT2D eigenvalue weighted by Gasteiger charge is -2.39. The van der Waals surface area contributed by atoms with Gasteiger partial charge in [-0.2, -0.15) is 0 Å². The highest BCUT2D eigenvalue weighted by molar-refractivity contribution is 7.72. The molecule has 0 aliphatic rings. The number of nitrogens with zero attached hydrogens (tertiary/aromatic N) is 1. The largest absolute Gasteiger partial charge is 0.480 e. The maximum Gasteiger partial charge on any atom is 0.355 e. The third-order valence-electron chi connectivity index (χ3n) is 2.54. The van der Waals surface area contributed by atoms with E-state index in [4.69, 9.17) is 44.3 Å². The summed E-state index contributed by atoms with van der Waals surface area (Å²) in [6, 6.07) is -2.50. The van der Waals surface area contributed by atoms with Crippen LogP contribution in [0.15, 0.2) is 0 Å². The van der Waals surface area contributed by atoms with Gasteiger partial charge in [-0.15, -0.1) is 0 Å². The van der Waals surface area contributed by atoms with Crippen LogP contribution in [-0.4, -0.2) is 72.2 Å². The molecular formula is C5H15NO14P4. The lowest BCUT2D eigenvalue weighted by atomic mass is 10.3. The number of hydrogen-bond acceptors (Lipinski definition) is 6. The van der Waals surface area contributed by atoms with Gasteiger partial charge in [0.25, 0.3) is 0 Å². The summed E-state index contributed by atoms with van der Waals surface area (Å²) in [6.07, 6.45) is 0. The third-order valence-corrected chi connectivity index (χ3v) is 9.62. The Morgan fingerprint density at radius 1 is 0.708 bits per heavy atom. The molecule has 0 radical (unpaired) electrons. The highest BCUT2D eigenvalue weighted by Crippen LogP contribution is 2.69. The highest BCUT2D eigenvalue weighted by Gasteiger charge is 2.60. The summed E-state index contributed by atoms with van der Waals surface area (Å²) in [7, 11) is -24.1. The van der Waals surface area contributed by atoms with Crippen molar-refractivity contribution >= 4 is 36.4 Å². The zero-order valence-electron chi connectivity index (χ0n) is 11.5. The molecule has 0 aliphatic carbocycles. The Balaban J connectivity index is 6.85. The highest BCUT2D eigenvalue weighted by atomic mass is 31.2. The molecular weight excluding hydrogens is 422 g/mol. The average molecular weight is 437 g/mol. The maximum atomic E-state index is 11.4. The smallest absolute Gasteiger partial charge is 0.355 e. The summed E-state index contributed by atoms with van der Waals surface area (Å²) in [5.74, 6) is -2.12. The Labute approximate surface area is 133 Å². The summed E-state index contributed by atoms with van der Waals surface area (Å²) in [4.78, 5) is 82.8. The van der Waals surface area contributed by atoms with Crippen LogP contribution in [0.4, 0.5) is 0 Å². The fourth-order valence-electron chi connectivity index (χ4n) is 1.73. The van der Waals surface area contributed by atoms with Crippen LogP contribution in [0, 0.1) is 0 Å². The number of carboxylic acid groups (broad SMARTS) is 1. The monoisotopic (exact) mass is 437 g/mol. The molecule has 0 saturated carbocycles. The fraction of sp³-hybridized carbons (Fsp3) is 0.800. The lowest BCUT2D eigenvalue weighted by Crippen LogP contribution is -2.51. The minimum Gasteiger partial charge on any atom is -0.480 e. The Morgan fingerprint density at radius 3 is 1.04 bits per heavy atom. The second-order valence-electron chi connectivity index (χ2n) is 4.51. The first-order chi connectivity index (χ1) is 10.2. The molecule has 0 saturated heterocycles. The van der Waals surface area contributed by atoms with Gasteiger partial charge in [-0.25, -0.2) is 4.90 Å². The van der Waals surface area contributed by atoms with Crippen LogP contribution in [0.5, 0.6) is 0 Å². The average Bonchev–Trinajstić information content (AvgIpc) is 2.18. The van der Waals surface area contributed by atoms with Crippen molar-refractivity contribution in [2.45, 2.75) is 24.0 Å². The SMILES string of the molecule is C[C@@H](C(=O)O)N(C(P(=O)(O)O)P(=O)(O)O)C(P(=O)(O)O)P(=O)(O)O. The molecule has 24 heavy (non-hydrogen) atoms. The number of carbonyl (C=O) groups is 1. The van der Waals surface area contributed by atoms with Crippen LogP contribution in [0.2, 0.25) is 0 Å². The lowest BCUT2D eigenvalue weighted by molar-refractivity contribution is -0.142. The molecule has 0 spiro atoms.